The molecule has 1 saturated carbocycles. The number of nitrogens with one attached hydrogen (secondary N) is 2. The number of carbonyl (C=O) groups excluding carboxylic acids is 2. The third-order valence-electron chi connectivity index (χ3n) is 4.95. The van der Waals surface area contributed by atoms with Crippen LogP contribution in [0.1, 0.15) is 35.2 Å². The minimum atomic E-state index is -0.627. The Morgan fingerprint density at radius 3 is 2.72 bits per heavy atom. The molecule has 0 radical (unpaired) electrons. The maximum absolute atomic E-state index is 12.6. The van der Waals surface area contributed by atoms with Crippen LogP contribution in [0, 0.1) is 6.92 Å². The molecule has 0 aromatic heterocycles. The van der Waals surface area contributed by atoms with Crippen molar-refractivity contribution in [1.82, 2.24) is 10.2 Å². The molecule has 0 atom stereocenters. The maximum atomic E-state index is 12.6. The van der Waals surface area contributed by atoms with Crippen molar-refractivity contribution in [3.63, 3.8) is 0 Å². The van der Waals surface area contributed by atoms with Gasteiger partial charge in [-0.25, -0.2) is 4.79 Å². The Balaban J connectivity index is 1.42. The fraction of sp³-hybridized carbons (Fsp3) is 0.556. The van der Waals surface area contributed by atoms with Gasteiger partial charge in [0, 0.05) is 30.3 Å². The molecule has 1 spiro atoms. The van der Waals surface area contributed by atoms with Crippen molar-refractivity contribution in [2.24, 2.45) is 0 Å². The van der Waals surface area contributed by atoms with Gasteiger partial charge in [0.1, 0.15) is 0 Å². The summed E-state index contributed by atoms with van der Waals surface area (Å²) < 4.78 is 11.3. The predicted octanol–water partition coefficient (Wildman–Crippen LogP) is 1.87. The van der Waals surface area contributed by atoms with Gasteiger partial charge in [-0.1, -0.05) is 6.07 Å². The van der Waals surface area contributed by atoms with Crippen molar-refractivity contribution in [2.75, 3.05) is 31.6 Å². The number of amides is 3. The number of benzene rings is 1. The van der Waals surface area contributed by atoms with Crippen LogP contribution in [-0.2, 0) is 9.47 Å². The van der Waals surface area contributed by atoms with Crippen LogP contribution in [0.25, 0.3) is 0 Å². The van der Waals surface area contributed by atoms with E-state index in [1.54, 1.807) is 17.0 Å². The zero-order valence-electron chi connectivity index (χ0n) is 14.3. The number of urea groups is 1. The first-order valence-electron chi connectivity index (χ1n) is 8.80. The molecule has 3 amide bonds. The number of rotatable bonds is 3. The summed E-state index contributed by atoms with van der Waals surface area (Å²) in [7, 11) is 0. The first-order valence-corrected chi connectivity index (χ1v) is 8.80. The zero-order chi connectivity index (χ0) is 17.4. The monoisotopic (exact) mass is 345 g/mol. The standard InChI is InChI=1S/C18H23N3O4/c1-12-2-3-13(16(22)19-14-4-5-14)10-15(12)20-17(23)21-7-6-18(11-21)24-8-9-25-18/h2-3,10,14H,4-9,11H2,1H3,(H,19,22)(H,20,23). The molecule has 0 unspecified atom stereocenters. The van der Waals surface area contributed by atoms with Crippen LogP contribution >= 0.6 is 0 Å². The minimum Gasteiger partial charge on any atom is -0.349 e. The first-order chi connectivity index (χ1) is 12.0. The fourth-order valence-electron chi connectivity index (χ4n) is 3.25. The molecule has 3 aliphatic rings. The second-order valence-corrected chi connectivity index (χ2v) is 6.99. The summed E-state index contributed by atoms with van der Waals surface area (Å²) in [6.45, 7) is 4.08. The van der Waals surface area contributed by atoms with Gasteiger partial charge in [-0.05, 0) is 37.5 Å². The van der Waals surface area contributed by atoms with E-state index in [9.17, 15) is 9.59 Å². The van der Waals surface area contributed by atoms with Gasteiger partial charge in [-0.2, -0.15) is 0 Å². The lowest BCUT2D eigenvalue weighted by Gasteiger charge is -2.23. The van der Waals surface area contributed by atoms with Gasteiger partial charge in [0.05, 0.1) is 19.8 Å². The van der Waals surface area contributed by atoms with Gasteiger partial charge in [0.2, 0.25) is 0 Å². The van der Waals surface area contributed by atoms with Crippen LogP contribution < -0.4 is 10.6 Å². The smallest absolute Gasteiger partial charge is 0.322 e. The fourth-order valence-corrected chi connectivity index (χ4v) is 3.25. The van der Waals surface area contributed by atoms with Crippen molar-refractivity contribution in [2.45, 2.75) is 38.0 Å². The second-order valence-electron chi connectivity index (χ2n) is 6.99. The van der Waals surface area contributed by atoms with E-state index in [0.717, 1.165) is 18.4 Å². The molecule has 25 heavy (non-hydrogen) atoms. The number of hydrogen-bond donors (Lipinski definition) is 2. The van der Waals surface area contributed by atoms with Crippen LogP contribution in [0.3, 0.4) is 0 Å². The summed E-state index contributed by atoms with van der Waals surface area (Å²) in [5.41, 5.74) is 2.13. The molecule has 4 rings (SSSR count). The van der Waals surface area contributed by atoms with Gasteiger partial charge >= 0.3 is 6.03 Å². The van der Waals surface area contributed by atoms with Crippen LogP contribution in [-0.4, -0.2) is 55.0 Å². The topological polar surface area (TPSA) is 79.9 Å². The summed E-state index contributed by atoms with van der Waals surface area (Å²) in [4.78, 5) is 26.5. The zero-order valence-corrected chi connectivity index (χ0v) is 14.3. The molecular weight excluding hydrogens is 322 g/mol. The summed E-state index contributed by atoms with van der Waals surface area (Å²) in [5.74, 6) is -0.718. The summed E-state index contributed by atoms with van der Waals surface area (Å²) in [6, 6.07) is 5.48. The molecular formula is C18H23N3O4. The molecule has 1 aliphatic carbocycles. The normalized spacial score (nSPS) is 21.6. The molecule has 2 aliphatic heterocycles. The van der Waals surface area contributed by atoms with Crippen molar-refractivity contribution < 1.29 is 19.1 Å². The van der Waals surface area contributed by atoms with Gasteiger partial charge in [0.25, 0.3) is 5.91 Å². The Morgan fingerprint density at radius 2 is 2.00 bits per heavy atom. The molecule has 2 N–H and O–H groups in total. The molecule has 3 fully saturated rings. The third-order valence-corrected chi connectivity index (χ3v) is 4.95. The van der Waals surface area contributed by atoms with E-state index in [0.29, 0.717) is 50.0 Å². The molecule has 134 valence electrons. The number of ether oxygens (including phenoxy) is 2. The molecule has 2 saturated heterocycles. The third kappa shape index (κ3) is 3.48. The first kappa shape index (κ1) is 16.4. The number of anilines is 1. The Hall–Kier alpha value is -2.12. The maximum Gasteiger partial charge on any atom is 0.322 e. The number of likely N-dealkylation sites (tertiary alicyclic amines) is 1. The largest absolute Gasteiger partial charge is 0.349 e. The van der Waals surface area contributed by atoms with Crippen molar-refractivity contribution >= 4 is 17.6 Å². The minimum absolute atomic E-state index is 0.0918. The van der Waals surface area contributed by atoms with Crippen LogP contribution in [0.4, 0.5) is 10.5 Å². The summed E-state index contributed by atoms with van der Waals surface area (Å²) >= 11 is 0. The van der Waals surface area contributed by atoms with E-state index in [1.165, 1.54) is 0 Å². The Labute approximate surface area is 146 Å². The lowest BCUT2D eigenvalue weighted by molar-refractivity contribution is -0.143. The van der Waals surface area contributed by atoms with Crippen LogP contribution in [0.5, 0.6) is 0 Å². The van der Waals surface area contributed by atoms with E-state index >= 15 is 0 Å². The predicted molar refractivity (Wildman–Crippen MR) is 91.5 cm³/mol. The van der Waals surface area contributed by atoms with E-state index in [-0.39, 0.29) is 11.9 Å². The molecule has 0 bridgehead atoms. The lowest BCUT2D eigenvalue weighted by Crippen LogP contribution is -2.39. The van der Waals surface area contributed by atoms with E-state index in [2.05, 4.69) is 10.6 Å². The quantitative estimate of drug-likeness (QED) is 0.876. The number of nitrogens with zero attached hydrogens (tertiary/aromatic N) is 1. The van der Waals surface area contributed by atoms with Crippen molar-refractivity contribution in [3.8, 4) is 0 Å². The number of hydrogen-bond acceptors (Lipinski definition) is 4. The van der Waals surface area contributed by atoms with Crippen molar-refractivity contribution in [3.05, 3.63) is 29.3 Å². The highest BCUT2D eigenvalue weighted by Crippen LogP contribution is 2.31. The van der Waals surface area contributed by atoms with E-state index in [4.69, 9.17) is 9.47 Å². The highest BCUT2D eigenvalue weighted by molar-refractivity contribution is 5.97. The van der Waals surface area contributed by atoms with Crippen LogP contribution in [0.2, 0.25) is 0 Å². The Bertz CT molecular complexity index is 696. The van der Waals surface area contributed by atoms with Crippen LogP contribution in [0.15, 0.2) is 18.2 Å². The molecule has 1 aromatic rings. The summed E-state index contributed by atoms with van der Waals surface area (Å²) in [5, 5.41) is 5.88. The second kappa shape index (κ2) is 6.31. The van der Waals surface area contributed by atoms with Gasteiger partial charge in [-0.3, -0.25) is 4.79 Å². The molecule has 2 heterocycles. The Kier molecular flexibility index (Phi) is 4.13. The number of carbonyl (C=O) groups is 2. The molecule has 7 heteroatoms. The SMILES string of the molecule is Cc1ccc(C(=O)NC2CC2)cc1NC(=O)N1CCC2(C1)OCCO2. The van der Waals surface area contributed by atoms with Gasteiger partial charge in [-0.15, -0.1) is 0 Å². The lowest BCUT2D eigenvalue weighted by atomic mass is 10.1. The average molecular weight is 345 g/mol. The number of aryl methyl sites for hydroxylation is 1. The molecule has 1 aromatic carbocycles. The van der Waals surface area contributed by atoms with Gasteiger partial charge in [0.15, 0.2) is 5.79 Å². The van der Waals surface area contributed by atoms with Gasteiger partial charge < -0.3 is 25.0 Å². The van der Waals surface area contributed by atoms with E-state index in [1.807, 2.05) is 13.0 Å². The van der Waals surface area contributed by atoms with Crippen molar-refractivity contribution in [1.29, 1.82) is 0 Å². The Morgan fingerprint density at radius 1 is 1.24 bits per heavy atom. The average Bonchev–Trinajstić information content (AvgIpc) is 3.14. The highest BCUT2D eigenvalue weighted by Gasteiger charge is 2.44. The van der Waals surface area contributed by atoms with E-state index < -0.39 is 5.79 Å². The summed E-state index contributed by atoms with van der Waals surface area (Å²) in [6.07, 6.45) is 2.77. The highest BCUT2D eigenvalue weighted by atomic mass is 16.7. The molecule has 7 nitrogen and oxygen atoms in total.